The second-order valence-corrected chi connectivity index (χ2v) is 10.8. The molecule has 36 heavy (non-hydrogen) atoms. The molecule has 4 N–H and O–H groups in total. The molecule has 10 heteroatoms. The largest absolute Gasteiger partial charge is 0.507 e. The van der Waals surface area contributed by atoms with Crippen LogP contribution >= 0.6 is 0 Å². The minimum Gasteiger partial charge on any atom is -0.507 e. The van der Waals surface area contributed by atoms with E-state index in [-0.39, 0.29) is 17.2 Å². The number of primary amides is 1. The smallest absolute Gasteiger partial charge is 0.230 e. The van der Waals surface area contributed by atoms with Gasteiger partial charge in [-0.15, -0.1) is 0 Å². The Bertz CT molecular complexity index is 1110. The third-order valence-corrected chi connectivity index (χ3v) is 8.61. The van der Waals surface area contributed by atoms with Crippen LogP contribution in [0.25, 0.3) is 0 Å². The minimum atomic E-state index is -1.50. The molecule has 4 aliphatic rings. The summed E-state index contributed by atoms with van der Waals surface area (Å²) >= 11 is 0. The number of fused-ring (bicyclic) bond motifs is 3. The zero-order valence-electron chi connectivity index (χ0n) is 20.6. The van der Waals surface area contributed by atoms with Crippen LogP contribution in [0.2, 0.25) is 0 Å². The molecule has 0 spiro atoms. The number of likely N-dealkylation sites (N-methyl/N-ethyl adjacent to an activating group) is 1. The van der Waals surface area contributed by atoms with E-state index in [9.17, 15) is 29.4 Å². The highest BCUT2D eigenvalue weighted by molar-refractivity contribution is 6.21. The number of ether oxygens (including phenoxy) is 1. The second-order valence-electron chi connectivity index (χ2n) is 10.8. The first-order chi connectivity index (χ1) is 17.1. The van der Waals surface area contributed by atoms with Gasteiger partial charge in [0.05, 0.1) is 36.7 Å². The number of morpholine rings is 1. The fourth-order valence-electron chi connectivity index (χ4n) is 7.05. The van der Waals surface area contributed by atoms with Gasteiger partial charge in [0, 0.05) is 25.7 Å². The fourth-order valence-corrected chi connectivity index (χ4v) is 7.05. The Morgan fingerprint density at radius 1 is 1.14 bits per heavy atom. The summed E-state index contributed by atoms with van der Waals surface area (Å²) in [5, 5.41) is 21.6. The molecular formula is C26H33N3O7. The first-order valence-electron chi connectivity index (χ1n) is 12.5. The highest BCUT2D eigenvalue weighted by Gasteiger charge is 2.61. The molecule has 3 aliphatic carbocycles. The van der Waals surface area contributed by atoms with Crippen molar-refractivity contribution < 1.29 is 34.1 Å². The molecule has 0 bridgehead atoms. The van der Waals surface area contributed by atoms with E-state index in [1.807, 2.05) is 6.07 Å². The third kappa shape index (κ3) is 3.87. The van der Waals surface area contributed by atoms with Crippen LogP contribution in [-0.4, -0.2) is 95.8 Å². The van der Waals surface area contributed by atoms with E-state index in [2.05, 4.69) is 4.90 Å². The standard InChI is InChI=1S/C26H33N3O7/c1-28(2)21-15-10-13-9-14-12(11-29-5-7-36-8-6-29)3-4-16(30)18(14)22(31)17(13)23(32)19(15)24(33)20(25(21)34)26(27)35/h3-4,13,15,17,19-21,25,30,34H,5-11H2,1-2H3,(H2,27,35)/t13-,15+,17?,19+,20?,21-,25?/m1/s1. The van der Waals surface area contributed by atoms with E-state index in [0.717, 1.165) is 24.2 Å². The first-order valence-corrected chi connectivity index (χ1v) is 12.5. The van der Waals surface area contributed by atoms with Crippen LogP contribution in [0.1, 0.15) is 27.9 Å². The number of aromatic hydroxyl groups is 1. The molecule has 1 heterocycles. The number of aliphatic hydroxyl groups is 1. The average molecular weight is 500 g/mol. The molecule has 7 atom stereocenters. The number of rotatable bonds is 4. The molecule has 2 saturated carbocycles. The number of hydrogen-bond donors (Lipinski definition) is 3. The number of nitrogens with zero attached hydrogens (tertiary/aromatic N) is 2. The maximum absolute atomic E-state index is 13.8. The summed E-state index contributed by atoms with van der Waals surface area (Å²) in [7, 11) is 3.46. The number of carbonyl (C=O) groups is 4. The van der Waals surface area contributed by atoms with Gasteiger partial charge in [-0.3, -0.25) is 24.1 Å². The molecule has 1 saturated heterocycles. The van der Waals surface area contributed by atoms with Crippen molar-refractivity contribution in [2.24, 2.45) is 35.3 Å². The molecule has 0 aromatic heterocycles. The lowest BCUT2D eigenvalue weighted by molar-refractivity contribution is -0.161. The third-order valence-electron chi connectivity index (χ3n) is 8.61. The van der Waals surface area contributed by atoms with E-state index in [1.165, 1.54) is 6.07 Å². The van der Waals surface area contributed by atoms with Gasteiger partial charge in [0.25, 0.3) is 0 Å². The Labute approximate surface area is 209 Å². The maximum atomic E-state index is 13.8. The predicted molar refractivity (Wildman–Crippen MR) is 127 cm³/mol. The highest BCUT2D eigenvalue weighted by atomic mass is 16.5. The van der Waals surface area contributed by atoms with E-state index in [4.69, 9.17) is 10.5 Å². The molecule has 3 fully saturated rings. The van der Waals surface area contributed by atoms with Crippen molar-refractivity contribution in [3.05, 3.63) is 28.8 Å². The fraction of sp³-hybridized carbons (Fsp3) is 0.615. The van der Waals surface area contributed by atoms with E-state index >= 15 is 0 Å². The van der Waals surface area contributed by atoms with E-state index in [1.54, 1.807) is 19.0 Å². The Balaban J connectivity index is 1.53. The average Bonchev–Trinajstić information content (AvgIpc) is 2.80. The van der Waals surface area contributed by atoms with Gasteiger partial charge in [-0.1, -0.05) is 6.07 Å². The lowest BCUT2D eigenvalue weighted by Crippen LogP contribution is -2.66. The summed E-state index contributed by atoms with van der Waals surface area (Å²) in [5.41, 5.74) is 7.29. The van der Waals surface area contributed by atoms with Gasteiger partial charge in [-0.05, 0) is 56.0 Å². The van der Waals surface area contributed by atoms with Crippen molar-refractivity contribution in [2.45, 2.75) is 31.5 Å². The lowest BCUT2D eigenvalue weighted by Gasteiger charge is -2.51. The van der Waals surface area contributed by atoms with Crippen molar-refractivity contribution in [1.82, 2.24) is 9.80 Å². The van der Waals surface area contributed by atoms with Crippen LogP contribution in [0.15, 0.2) is 12.1 Å². The molecule has 1 aromatic carbocycles. The van der Waals surface area contributed by atoms with Crippen molar-refractivity contribution in [2.75, 3.05) is 40.4 Å². The summed E-state index contributed by atoms with van der Waals surface area (Å²) in [6, 6.07) is 2.69. The first kappa shape index (κ1) is 25.0. The van der Waals surface area contributed by atoms with Gasteiger partial charge >= 0.3 is 0 Å². The molecule has 1 aromatic rings. The van der Waals surface area contributed by atoms with Crippen molar-refractivity contribution in [3.63, 3.8) is 0 Å². The number of amides is 1. The molecular weight excluding hydrogens is 466 g/mol. The van der Waals surface area contributed by atoms with Crippen LogP contribution in [0, 0.1) is 29.6 Å². The number of ketones is 3. The molecule has 194 valence electrons. The normalized spacial score (nSPS) is 34.8. The Morgan fingerprint density at radius 3 is 2.47 bits per heavy atom. The summed E-state index contributed by atoms with van der Waals surface area (Å²) in [4.78, 5) is 56.8. The molecule has 0 radical (unpaired) electrons. The predicted octanol–water partition coefficient (Wildman–Crippen LogP) is -0.624. The molecule has 3 unspecified atom stereocenters. The lowest BCUT2D eigenvalue weighted by atomic mass is 9.54. The summed E-state index contributed by atoms with van der Waals surface area (Å²) in [5.74, 6) is -7.51. The number of carbonyl (C=O) groups excluding carboxylic acids is 4. The summed E-state index contributed by atoms with van der Waals surface area (Å²) in [6.45, 7) is 3.41. The van der Waals surface area contributed by atoms with Crippen LogP contribution < -0.4 is 5.73 Å². The molecule has 1 aliphatic heterocycles. The van der Waals surface area contributed by atoms with Crippen molar-refractivity contribution in [3.8, 4) is 5.75 Å². The Morgan fingerprint density at radius 2 is 1.83 bits per heavy atom. The molecule has 10 nitrogen and oxygen atoms in total. The van der Waals surface area contributed by atoms with Gasteiger partial charge in [0.15, 0.2) is 17.3 Å². The zero-order chi connectivity index (χ0) is 25.9. The van der Waals surface area contributed by atoms with Crippen molar-refractivity contribution in [1.29, 1.82) is 0 Å². The van der Waals surface area contributed by atoms with Gasteiger partial charge < -0.3 is 25.6 Å². The highest BCUT2D eigenvalue weighted by Crippen LogP contribution is 2.50. The van der Waals surface area contributed by atoms with E-state index < -0.39 is 59.1 Å². The van der Waals surface area contributed by atoms with Crippen molar-refractivity contribution >= 4 is 23.3 Å². The van der Waals surface area contributed by atoms with Gasteiger partial charge in [0.1, 0.15) is 11.7 Å². The van der Waals surface area contributed by atoms with Crippen LogP contribution in [0.4, 0.5) is 0 Å². The summed E-state index contributed by atoms with van der Waals surface area (Å²) in [6.07, 6.45) is -0.544. The SMILES string of the molecule is CN(C)[C@H]1C(O)C(C(N)=O)C(=O)[C@@H]2C(=O)C3C(=O)c4c(O)ccc(CN5CCOCC5)c4C[C@@H]3C[C@@H]21. The minimum absolute atomic E-state index is 0.160. The number of phenolic OH excluding ortho intramolecular Hbond substituents is 1. The number of nitrogens with two attached hydrogens (primary N) is 1. The number of Topliss-reactive ketones (excluding diaryl/α,β-unsaturated/α-hetero) is 3. The topological polar surface area (TPSA) is 150 Å². The number of phenols is 1. The number of benzene rings is 1. The van der Waals surface area contributed by atoms with E-state index in [0.29, 0.717) is 32.6 Å². The quantitative estimate of drug-likeness (QED) is 0.460. The molecule has 5 rings (SSSR count). The summed E-state index contributed by atoms with van der Waals surface area (Å²) < 4.78 is 5.43. The molecule has 1 amide bonds. The monoisotopic (exact) mass is 499 g/mol. The van der Waals surface area contributed by atoms with Crippen LogP contribution in [0.3, 0.4) is 0 Å². The second kappa shape index (κ2) is 9.33. The maximum Gasteiger partial charge on any atom is 0.230 e. The number of aliphatic hydroxyl groups excluding tert-OH is 1. The Kier molecular flexibility index (Phi) is 6.48. The van der Waals surface area contributed by atoms with Crippen LogP contribution in [-0.2, 0) is 32.1 Å². The van der Waals surface area contributed by atoms with Crippen LogP contribution in [0.5, 0.6) is 5.75 Å². The Hall–Kier alpha value is -2.66. The van der Waals surface area contributed by atoms with Gasteiger partial charge in [-0.25, -0.2) is 0 Å². The van der Waals surface area contributed by atoms with Gasteiger partial charge in [-0.2, -0.15) is 0 Å². The number of hydrogen-bond acceptors (Lipinski definition) is 9. The van der Waals surface area contributed by atoms with Gasteiger partial charge in [0.2, 0.25) is 5.91 Å². The zero-order valence-corrected chi connectivity index (χ0v) is 20.6.